The molecule has 3 heterocycles. The van der Waals surface area contributed by atoms with Crippen molar-refractivity contribution >= 4 is 22.9 Å². The molecule has 1 aromatic carbocycles. The Labute approximate surface area is 154 Å². The second-order valence-electron chi connectivity index (χ2n) is 6.32. The van der Waals surface area contributed by atoms with Crippen molar-refractivity contribution in [1.82, 2.24) is 19.5 Å². The Morgan fingerprint density at radius 3 is 2.63 bits per heavy atom. The van der Waals surface area contributed by atoms with Crippen molar-refractivity contribution in [2.75, 3.05) is 17.7 Å². The molecule has 10 nitrogen and oxygen atoms in total. The number of imidazole rings is 1. The minimum absolute atomic E-state index is 0.182. The summed E-state index contributed by atoms with van der Waals surface area (Å²) in [6.45, 7) is 0.0934. The van der Waals surface area contributed by atoms with Gasteiger partial charge in [-0.2, -0.15) is 9.97 Å². The third-order valence-corrected chi connectivity index (χ3v) is 4.53. The molecule has 1 aliphatic rings. The van der Waals surface area contributed by atoms with Crippen LogP contribution in [0.15, 0.2) is 36.7 Å². The molecule has 0 radical (unpaired) electrons. The SMILES string of the molecule is Nc1nc(NCc2ccccc2)nc2c1ncn2[C@@H]1O[C@H](CO)[C@@H](O)[C@H]1O. The summed E-state index contributed by atoms with van der Waals surface area (Å²) in [4.78, 5) is 12.8. The van der Waals surface area contributed by atoms with E-state index in [1.54, 1.807) is 0 Å². The third kappa shape index (κ3) is 3.19. The largest absolute Gasteiger partial charge is 0.394 e. The number of aromatic nitrogens is 4. The molecule has 10 heteroatoms. The van der Waals surface area contributed by atoms with E-state index in [0.29, 0.717) is 23.7 Å². The molecule has 3 aromatic rings. The number of anilines is 2. The van der Waals surface area contributed by atoms with Gasteiger partial charge in [0.15, 0.2) is 17.7 Å². The predicted molar refractivity (Wildman–Crippen MR) is 96.5 cm³/mol. The van der Waals surface area contributed by atoms with Crippen LogP contribution in [0.5, 0.6) is 0 Å². The lowest BCUT2D eigenvalue weighted by Gasteiger charge is -2.16. The molecule has 0 spiro atoms. The Bertz CT molecular complexity index is 934. The zero-order valence-electron chi connectivity index (χ0n) is 14.3. The highest BCUT2D eigenvalue weighted by molar-refractivity contribution is 5.83. The van der Waals surface area contributed by atoms with Crippen LogP contribution in [0.4, 0.5) is 11.8 Å². The predicted octanol–water partition coefficient (Wildman–Crippen LogP) is -0.368. The van der Waals surface area contributed by atoms with E-state index in [9.17, 15) is 15.3 Å². The zero-order valence-corrected chi connectivity index (χ0v) is 14.3. The molecule has 2 aromatic heterocycles. The molecule has 1 fully saturated rings. The van der Waals surface area contributed by atoms with E-state index in [4.69, 9.17) is 10.5 Å². The molecule has 27 heavy (non-hydrogen) atoms. The standard InChI is InChI=1S/C17H20N6O4/c18-14-11-15(22-17(21-14)19-6-9-4-2-1-3-5-9)23(8-20-11)16-13(26)12(25)10(7-24)27-16/h1-5,8,10,12-13,16,24-26H,6-7H2,(H3,18,19,21,22)/t10-,12-,13-,16-/m1/s1. The summed E-state index contributed by atoms with van der Waals surface area (Å²) in [5.41, 5.74) is 7.76. The summed E-state index contributed by atoms with van der Waals surface area (Å²) < 4.78 is 7.02. The number of benzene rings is 1. The molecule has 1 saturated heterocycles. The van der Waals surface area contributed by atoms with E-state index in [1.165, 1.54) is 10.9 Å². The average molecular weight is 372 g/mol. The molecule has 4 rings (SSSR count). The lowest BCUT2D eigenvalue weighted by molar-refractivity contribution is -0.0511. The van der Waals surface area contributed by atoms with Gasteiger partial charge < -0.3 is 31.1 Å². The maximum Gasteiger partial charge on any atom is 0.227 e. The third-order valence-electron chi connectivity index (χ3n) is 4.53. The van der Waals surface area contributed by atoms with Gasteiger partial charge in [0, 0.05) is 6.54 Å². The molecule has 142 valence electrons. The molecule has 0 saturated carbocycles. The first-order valence-corrected chi connectivity index (χ1v) is 8.48. The van der Waals surface area contributed by atoms with Gasteiger partial charge in [-0.05, 0) is 5.56 Å². The molecule has 0 aliphatic carbocycles. The van der Waals surface area contributed by atoms with E-state index in [0.717, 1.165) is 5.56 Å². The lowest BCUT2D eigenvalue weighted by Crippen LogP contribution is -2.33. The molecular weight excluding hydrogens is 352 g/mol. The number of ether oxygens (including phenoxy) is 1. The number of nitrogen functional groups attached to an aromatic ring is 1. The van der Waals surface area contributed by atoms with Gasteiger partial charge in [-0.25, -0.2) is 4.98 Å². The number of nitrogens with two attached hydrogens (primary N) is 1. The van der Waals surface area contributed by atoms with Crippen molar-refractivity contribution in [2.45, 2.75) is 31.1 Å². The zero-order chi connectivity index (χ0) is 19.0. The minimum Gasteiger partial charge on any atom is -0.394 e. The second kappa shape index (κ2) is 7.08. The topological polar surface area (TPSA) is 152 Å². The molecule has 0 bridgehead atoms. The van der Waals surface area contributed by atoms with E-state index >= 15 is 0 Å². The first-order chi connectivity index (χ1) is 13.1. The van der Waals surface area contributed by atoms with E-state index in [2.05, 4.69) is 20.3 Å². The highest BCUT2D eigenvalue weighted by Crippen LogP contribution is 2.32. The number of aliphatic hydroxyl groups is 3. The van der Waals surface area contributed by atoms with Crippen molar-refractivity contribution in [2.24, 2.45) is 0 Å². The van der Waals surface area contributed by atoms with E-state index in [1.807, 2.05) is 30.3 Å². The van der Waals surface area contributed by atoms with Crippen molar-refractivity contribution in [3.8, 4) is 0 Å². The number of rotatable bonds is 5. The smallest absolute Gasteiger partial charge is 0.227 e. The molecule has 0 amide bonds. The maximum absolute atomic E-state index is 10.3. The van der Waals surface area contributed by atoms with Crippen LogP contribution in [-0.2, 0) is 11.3 Å². The number of hydrogen-bond acceptors (Lipinski definition) is 9. The van der Waals surface area contributed by atoms with E-state index in [-0.39, 0.29) is 5.82 Å². The summed E-state index contributed by atoms with van der Waals surface area (Å²) in [5, 5.41) is 32.6. The number of nitrogens with zero attached hydrogens (tertiary/aromatic N) is 4. The fourth-order valence-electron chi connectivity index (χ4n) is 3.09. The van der Waals surface area contributed by atoms with Crippen LogP contribution in [0.2, 0.25) is 0 Å². The van der Waals surface area contributed by atoms with Crippen LogP contribution in [0.25, 0.3) is 11.2 Å². The van der Waals surface area contributed by atoms with Gasteiger partial charge in [0.2, 0.25) is 5.95 Å². The van der Waals surface area contributed by atoms with Crippen LogP contribution in [0.3, 0.4) is 0 Å². The van der Waals surface area contributed by atoms with Crippen LogP contribution in [-0.4, -0.2) is 59.8 Å². The van der Waals surface area contributed by atoms with Crippen LogP contribution < -0.4 is 11.1 Å². The van der Waals surface area contributed by atoms with Crippen molar-refractivity contribution < 1.29 is 20.1 Å². The van der Waals surface area contributed by atoms with Crippen LogP contribution in [0.1, 0.15) is 11.8 Å². The number of nitrogens with one attached hydrogen (secondary N) is 1. The Balaban J connectivity index is 1.64. The van der Waals surface area contributed by atoms with Gasteiger partial charge >= 0.3 is 0 Å². The summed E-state index contributed by atoms with van der Waals surface area (Å²) >= 11 is 0. The fraction of sp³-hybridized carbons (Fsp3) is 0.353. The van der Waals surface area contributed by atoms with Gasteiger partial charge in [-0.3, -0.25) is 4.57 Å². The quantitative estimate of drug-likeness (QED) is 0.404. The Morgan fingerprint density at radius 1 is 1.15 bits per heavy atom. The van der Waals surface area contributed by atoms with Gasteiger partial charge in [0.05, 0.1) is 12.9 Å². The Kier molecular flexibility index (Phi) is 4.62. The number of fused-ring (bicyclic) bond motifs is 1. The van der Waals surface area contributed by atoms with Crippen LogP contribution >= 0.6 is 0 Å². The van der Waals surface area contributed by atoms with Crippen LogP contribution in [0, 0.1) is 0 Å². The molecule has 0 unspecified atom stereocenters. The molecule has 4 atom stereocenters. The molecule has 1 aliphatic heterocycles. The highest BCUT2D eigenvalue weighted by Gasteiger charge is 2.44. The monoisotopic (exact) mass is 372 g/mol. The normalized spacial score (nSPS) is 25.1. The Hall–Kier alpha value is -2.79. The first-order valence-electron chi connectivity index (χ1n) is 8.48. The van der Waals surface area contributed by atoms with E-state index < -0.39 is 31.1 Å². The molecular formula is C17H20N6O4. The van der Waals surface area contributed by atoms with Crippen molar-refractivity contribution in [3.05, 3.63) is 42.2 Å². The molecule has 6 N–H and O–H groups in total. The van der Waals surface area contributed by atoms with Gasteiger partial charge in [-0.1, -0.05) is 30.3 Å². The maximum atomic E-state index is 10.3. The lowest BCUT2D eigenvalue weighted by atomic mass is 10.1. The van der Waals surface area contributed by atoms with Gasteiger partial charge in [0.1, 0.15) is 23.8 Å². The second-order valence-corrected chi connectivity index (χ2v) is 6.32. The van der Waals surface area contributed by atoms with Crippen molar-refractivity contribution in [1.29, 1.82) is 0 Å². The summed E-state index contributed by atoms with van der Waals surface area (Å²) in [6, 6.07) is 9.75. The average Bonchev–Trinajstić information content (AvgIpc) is 3.23. The first kappa shape index (κ1) is 17.6. The summed E-state index contributed by atoms with van der Waals surface area (Å²) in [6.07, 6.45) is -2.88. The fourth-order valence-corrected chi connectivity index (χ4v) is 3.09. The number of hydrogen-bond donors (Lipinski definition) is 5. The summed E-state index contributed by atoms with van der Waals surface area (Å²) in [7, 11) is 0. The van der Waals surface area contributed by atoms with Crippen molar-refractivity contribution in [3.63, 3.8) is 0 Å². The summed E-state index contributed by atoms with van der Waals surface area (Å²) in [5.74, 6) is 0.485. The highest BCUT2D eigenvalue weighted by atomic mass is 16.6. The van der Waals surface area contributed by atoms with Gasteiger partial charge in [-0.15, -0.1) is 0 Å². The van der Waals surface area contributed by atoms with Gasteiger partial charge in [0.25, 0.3) is 0 Å². The minimum atomic E-state index is -1.24. The number of aliphatic hydroxyl groups excluding tert-OH is 3. The Morgan fingerprint density at radius 2 is 1.93 bits per heavy atom.